The predicted molar refractivity (Wildman–Crippen MR) is 85.7 cm³/mol. The van der Waals surface area contributed by atoms with Crippen molar-refractivity contribution in [1.29, 1.82) is 0 Å². The molecule has 1 saturated carbocycles. The van der Waals surface area contributed by atoms with Gasteiger partial charge in [0.2, 0.25) is 0 Å². The van der Waals surface area contributed by atoms with Gasteiger partial charge >= 0.3 is 5.97 Å². The molecule has 0 unspecified atom stereocenters. The first kappa shape index (κ1) is 14.0. The van der Waals surface area contributed by atoms with Gasteiger partial charge in [-0.05, 0) is 50.3 Å². The van der Waals surface area contributed by atoms with Crippen molar-refractivity contribution in [2.24, 2.45) is 0 Å². The summed E-state index contributed by atoms with van der Waals surface area (Å²) in [6.07, 6.45) is 7.24. The Kier molecular flexibility index (Phi) is 3.18. The maximum Gasteiger partial charge on any atom is 0.338 e. The van der Waals surface area contributed by atoms with Crippen LogP contribution in [-0.2, 0) is 4.74 Å². The van der Waals surface area contributed by atoms with Crippen LogP contribution in [0.25, 0.3) is 16.6 Å². The number of hydrogen-bond acceptors (Lipinski definition) is 4. The van der Waals surface area contributed by atoms with E-state index in [1.165, 1.54) is 6.20 Å². The van der Waals surface area contributed by atoms with Crippen molar-refractivity contribution < 1.29 is 9.53 Å². The minimum Gasteiger partial charge on any atom is -0.459 e. The molecule has 0 radical (unpaired) electrons. The molecule has 0 atom stereocenters. The van der Waals surface area contributed by atoms with E-state index in [0.29, 0.717) is 16.6 Å². The molecule has 3 aromatic rings. The molecule has 1 fully saturated rings. The van der Waals surface area contributed by atoms with Gasteiger partial charge in [0.15, 0.2) is 0 Å². The number of ether oxygens (including phenoxy) is 1. The zero-order valence-corrected chi connectivity index (χ0v) is 12.8. The second-order valence-electron chi connectivity index (χ2n) is 6.10. The lowest BCUT2D eigenvalue weighted by atomic mass is 10.1. The van der Waals surface area contributed by atoms with Gasteiger partial charge in [0.05, 0.1) is 29.1 Å². The highest BCUT2D eigenvalue weighted by molar-refractivity contribution is 5.95. The van der Waals surface area contributed by atoms with E-state index >= 15 is 0 Å². The third-order valence-electron chi connectivity index (χ3n) is 4.52. The number of H-pyrrole nitrogens is 1. The quantitative estimate of drug-likeness (QED) is 0.738. The smallest absolute Gasteiger partial charge is 0.338 e. The number of fused-ring (bicyclic) bond motifs is 3. The van der Waals surface area contributed by atoms with Gasteiger partial charge < -0.3 is 9.72 Å². The number of aryl methyl sites for hydroxylation is 1. The summed E-state index contributed by atoms with van der Waals surface area (Å²) in [7, 11) is 0. The van der Waals surface area contributed by atoms with Crippen molar-refractivity contribution in [3.05, 3.63) is 46.1 Å². The van der Waals surface area contributed by atoms with Crippen LogP contribution in [0.3, 0.4) is 0 Å². The van der Waals surface area contributed by atoms with Crippen LogP contribution in [0.15, 0.2) is 29.5 Å². The molecule has 0 saturated heterocycles. The molecule has 2 aromatic heterocycles. The molecule has 0 amide bonds. The van der Waals surface area contributed by atoms with E-state index in [4.69, 9.17) is 4.74 Å². The van der Waals surface area contributed by atoms with Crippen molar-refractivity contribution in [2.75, 3.05) is 0 Å². The molecule has 1 aliphatic rings. The second kappa shape index (κ2) is 5.22. The maximum atomic E-state index is 12.4. The monoisotopic (exact) mass is 311 g/mol. The number of rotatable bonds is 2. The molecule has 1 aliphatic carbocycles. The molecule has 6 nitrogen and oxygen atoms in total. The lowest BCUT2D eigenvalue weighted by Crippen LogP contribution is -2.16. The minimum absolute atomic E-state index is 0.0211. The lowest BCUT2D eigenvalue weighted by molar-refractivity contribution is 0.0317. The summed E-state index contributed by atoms with van der Waals surface area (Å²) in [6.45, 7) is 1.87. The molecule has 6 heteroatoms. The minimum atomic E-state index is -0.317. The number of hydrogen-bond donors (Lipinski definition) is 1. The van der Waals surface area contributed by atoms with E-state index in [-0.39, 0.29) is 17.6 Å². The van der Waals surface area contributed by atoms with Crippen molar-refractivity contribution in [1.82, 2.24) is 14.4 Å². The zero-order valence-electron chi connectivity index (χ0n) is 12.8. The first-order valence-electron chi connectivity index (χ1n) is 7.83. The summed E-state index contributed by atoms with van der Waals surface area (Å²) < 4.78 is 7.31. The van der Waals surface area contributed by atoms with E-state index in [2.05, 4.69) is 9.97 Å². The van der Waals surface area contributed by atoms with Gasteiger partial charge in [0.1, 0.15) is 11.6 Å². The fourth-order valence-electron chi connectivity index (χ4n) is 3.27. The number of carbonyl (C=O) groups is 1. The number of imidazole rings is 1. The van der Waals surface area contributed by atoms with E-state index in [1.54, 1.807) is 16.8 Å². The number of esters is 1. The Labute approximate surface area is 132 Å². The van der Waals surface area contributed by atoms with Crippen LogP contribution in [0.1, 0.15) is 41.6 Å². The third kappa shape index (κ3) is 2.30. The summed E-state index contributed by atoms with van der Waals surface area (Å²) in [5.41, 5.74) is 2.99. The average Bonchev–Trinajstić information content (AvgIpc) is 3.19. The molecular formula is C17H17N3O3. The van der Waals surface area contributed by atoms with Crippen LogP contribution in [0, 0.1) is 6.92 Å². The van der Waals surface area contributed by atoms with Crippen LogP contribution in [-0.4, -0.2) is 26.4 Å². The van der Waals surface area contributed by atoms with Crippen molar-refractivity contribution in [3.63, 3.8) is 0 Å². The van der Waals surface area contributed by atoms with Crippen LogP contribution in [0.4, 0.5) is 0 Å². The largest absolute Gasteiger partial charge is 0.459 e. The van der Waals surface area contributed by atoms with E-state index < -0.39 is 0 Å². The highest BCUT2D eigenvalue weighted by Gasteiger charge is 2.21. The highest BCUT2D eigenvalue weighted by atomic mass is 16.5. The van der Waals surface area contributed by atoms with E-state index in [0.717, 1.165) is 36.8 Å². The highest BCUT2D eigenvalue weighted by Crippen LogP contribution is 2.24. The van der Waals surface area contributed by atoms with Crippen LogP contribution in [0.2, 0.25) is 0 Å². The molecule has 2 heterocycles. The standard InChI is InChI=1S/C17H17N3O3/c1-10-6-14-13(19-16(21)15-8-18-9-20(14)15)7-12(10)17(22)23-11-4-2-3-5-11/h6-9,11H,2-5H2,1H3,(H,19,21). The van der Waals surface area contributed by atoms with Gasteiger partial charge in [-0.25, -0.2) is 9.78 Å². The Morgan fingerprint density at radius 3 is 2.87 bits per heavy atom. The zero-order chi connectivity index (χ0) is 16.0. The first-order chi connectivity index (χ1) is 11.1. The summed E-state index contributed by atoms with van der Waals surface area (Å²) in [4.78, 5) is 31.3. The summed E-state index contributed by atoms with van der Waals surface area (Å²) in [5.74, 6) is -0.317. The number of aromatic nitrogens is 3. The van der Waals surface area contributed by atoms with Gasteiger partial charge in [0, 0.05) is 0 Å². The van der Waals surface area contributed by atoms with Crippen molar-refractivity contribution in [3.8, 4) is 0 Å². The van der Waals surface area contributed by atoms with Gasteiger partial charge in [-0.2, -0.15) is 0 Å². The topological polar surface area (TPSA) is 76.5 Å². The Hall–Kier alpha value is -2.63. The summed E-state index contributed by atoms with van der Waals surface area (Å²) >= 11 is 0. The fourth-order valence-corrected chi connectivity index (χ4v) is 3.27. The van der Waals surface area contributed by atoms with E-state index in [1.807, 2.05) is 13.0 Å². The third-order valence-corrected chi connectivity index (χ3v) is 4.52. The maximum absolute atomic E-state index is 12.4. The van der Waals surface area contributed by atoms with Gasteiger partial charge in [-0.1, -0.05) is 0 Å². The SMILES string of the molecule is Cc1cc2c(cc1C(=O)OC1CCCC1)[nH]c(=O)c1cncn12. The number of nitrogens with one attached hydrogen (secondary N) is 1. The molecule has 0 aliphatic heterocycles. The van der Waals surface area contributed by atoms with Crippen LogP contribution in [0.5, 0.6) is 0 Å². The van der Waals surface area contributed by atoms with Gasteiger partial charge in [0.25, 0.3) is 5.56 Å². The van der Waals surface area contributed by atoms with Gasteiger partial charge in [-0.3, -0.25) is 9.20 Å². The first-order valence-corrected chi connectivity index (χ1v) is 7.83. The Morgan fingerprint density at radius 2 is 2.09 bits per heavy atom. The fraction of sp³-hybridized carbons (Fsp3) is 0.353. The summed E-state index contributed by atoms with van der Waals surface area (Å²) in [5, 5.41) is 0. The second-order valence-corrected chi connectivity index (χ2v) is 6.10. The van der Waals surface area contributed by atoms with Crippen molar-refractivity contribution >= 4 is 22.5 Å². The Balaban J connectivity index is 1.81. The normalized spacial score (nSPS) is 15.5. The molecule has 1 N–H and O–H groups in total. The molecule has 4 rings (SSSR count). The Morgan fingerprint density at radius 1 is 1.30 bits per heavy atom. The molecular weight excluding hydrogens is 294 g/mol. The molecule has 23 heavy (non-hydrogen) atoms. The average molecular weight is 311 g/mol. The molecule has 118 valence electrons. The summed E-state index contributed by atoms with van der Waals surface area (Å²) in [6, 6.07) is 3.58. The number of carbonyl (C=O) groups excluding carboxylic acids is 1. The van der Waals surface area contributed by atoms with Gasteiger partial charge in [-0.15, -0.1) is 0 Å². The number of nitrogens with zero attached hydrogens (tertiary/aromatic N) is 2. The predicted octanol–water partition coefficient (Wildman–Crippen LogP) is 2.58. The number of aromatic amines is 1. The van der Waals surface area contributed by atoms with Crippen LogP contribution < -0.4 is 5.56 Å². The Bertz CT molecular complexity index is 964. The molecule has 1 aromatic carbocycles. The molecule has 0 bridgehead atoms. The van der Waals surface area contributed by atoms with Crippen LogP contribution >= 0.6 is 0 Å². The lowest BCUT2D eigenvalue weighted by Gasteiger charge is -2.13. The van der Waals surface area contributed by atoms with Crippen molar-refractivity contribution in [2.45, 2.75) is 38.7 Å². The molecule has 0 spiro atoms. The number of benzene rings is 1. The van der Waals surface area contributed by atoms with E-state index in [9.17, 15) is 9.59 Å².